The number of halogens is 2. The molecule has 0 bridgehead atoms. The largest absolute Gasteiger partial charge is 0.482 e. The van der Waals surface area contributed by atoms with E-state index in [1.54, 1.807) is 36.7 Å². The fraction of sp³-hybridized carbons (Fsp3) is 0.217. The first-order chi connectivity index (χ1) is 15.9. The van der Waals surface area contributed by atoms with Gasteiger partial charge in [-0.3, -0.25) is 4.90 Å². The van der Waals surface area contributed by atoms with Gasteiger partial charge in [0.15, 0.2) is 6.61 Å². The number of hydrogen-bond acceptors (Lipinski definition) is 6. The van der Waals surface area contributed by atoms with E-state index >= 15 is 0 Å². The zero-order valence-electron chi connectivity index (χ0n) is 17.3. The third kappa shape index (κ3) is 5.20. The zero-order valence-corrected chi connectivity index (χ0v) is 18.0. The van der Waals surface area contributed by atoms with Gasteiger partial charge in [-0.15, -0.1) is 0 Å². The van der Waals surface area contributed by atoms with Crippen LogP contribution in [0.1, 0.15) is 28.3 Å². The number of carbonyl (C=O) groups excluding carboxylic acids is 1. The molecular formula is C23H19ClFN3O5. The molecule has 8 nitrogen and oxygen atoms in total. The number of benzene rings is 2. The second-order valence-corrected chi connectivity index (χ2v) is 7.79. The molecule has 0 saturated carbocycles. The molecule has 1 unspecified atom stereocenters. The molecule has 0 fully saturated rings. The Bertz CT molecular complexity index is 1180. The van der Waals surface area contributed by atoms with Gasteiger partial charge in [0, 0.05) is 35.1 Å². The summed E-state index contributed by atoms with van der Waals surface area (Å²) in [5, 5.41) is 9.42. The number of carboxylic acids is 1. The van der Waals surface area contributed by atoms with E-state index in [1.807, 2.05) is 0 Å². The monoisotopic (exact) mass is 471 g/mol. The minimum absolute atomic E-state index is 0.0307. The lowest BCUT2D eigenvalue weighted by molar-refractivity contribution is -0.139. The van der Waals surface area contributed by atoms with E-state index in [0.717, 1.165) is 5.56 Å². The molecule has 2 heterocycles. The van der Waals surface area contributed by atoms with E-state index < -0.39 is 24.7 Å². The van der Waals surface area contributed by atoms with Gasteiger partial charge in [0.05, 0.1) is 6.04 Å². The van der Waals surface area contributed by atoms with Crippen LogP contribution in [0.25, 0.3) is 0 Å². The van der Waals surface area contributed by atoms with Crippen molar-refractivity contribution in [3.63, 3.8) is 0 Å². The Morgan fingerprint density at radius 3 is 2.70 bits per heavy atom. The van der Waals surface area contributed by atoms with Crippen LogP contribution in [0.4, 0.5) is 9.18 Å². The van der Waals surface area contributed by atoms with Gasteiger partial charge in [0.2, 0.25) is 0 Å². The molecule has 1 N–H and O–H groups in total. The lowest BCUT2D eigenvalue weighted by atomic mass is 9.88. The molecule has 1 aromatic heterocycles. The lowest BCUT2D eigenvalue weighted by Crippen LogP contribution is -2.41. The Morgan fingerprint density at radius 1 is 1.15 bits per heavy atom. The Kier molecular flexibility index (Phi) is 6.69. The molecule has 1 atom stereocenters. The van der Waals surface area contributed by atoms with E-state index in [1.165, 1.54) is 23.4 Å². The van der Waals surface area contributed by atoms with Crippen LogP contribution in [0.2, 0.25) is 5.02 Å². The molecule has 0 saturated heterocycles. The van der Waals surface area contributed by atoms with Crippen molar-refractivity contribution in [2.24, 2.45) is 0 Å². The molecule has 10 heteroatoms. The van der Waals surface area contributed by atoms with Gasteiger partial charge in [-0.25, -0.2) is 23.9 Å². The first-order valence-corrected chi connectivity index (χ1v) is 10.4. The van der Waals surface area contributed by atoms with E-state index in [9.17, 15) is 14.0 Å². The van der Waals surface area contributed by atoms with Gasteiger partial charge < -0.3 is 14.6 Å². The fourth-order valence-corrected chi connectivity index (χ4v) is 3.94. The number of aliphatic carboxylic acids is 1. The lowest BCUT2D eigenvalue weighted by Gasteiger charge is -2.37. The zero-order chi connectivity index (χ0) is 23.4. The third-order valence-corrected chi connectivity index (χ3v) is 5.40. The topological polar surface area (TPSA) is 102 Å². The molecule has 170 valence electrons. The number of carbonyl (C=O) groups is 2. The smallest absolute Gasteiger partial charge is 0.410 e. The van der Waals surface area contributed by atoms with Gasteiger partial charge in [-0.05, 0) is 47.9 Å². The molecule has 33 heavy (non-hydrogen) atoms. The SMILES string of the molecule is O=C(O)COc1ccc(Cl)cc1C1c2ccc(F)cc2CCN1C(=O)OCc1cncnc1. The average Bonchev–Trinajstić information content (AvgIpc) is 2.81. The summed E-state index contributed by atoms with van der Waals surface area (Å²) >= 11 is 6.24. The highest BCUT2D eigenvalue weighted by Gasteiger charge is 2.35. The van der Waals surface area contributed by atoms with Gasteiger partial charge in [-0.2, -0.15) is 0 Å². The van der Waals surface area contributed by atoms with Crippen LogP contribution in [0.5, 0.6) is 5.75 Å². The number of carboxylic acid groups (broad SMARTS) is 1. The summed E-state index contributed by atoms with van der Waals surface area (Å²) in [5.41, 5.74) is 2.49. The predicted molar refractivity (Wildman–Crippen MR) is 115 cm³/mol. The van der Waals surface area contributed by atoms with Crippen molar-refractivity contribution in [1.82, 2.24) is 14.9 Å². The van der Waals surface area contributed by atoms with Crippen LogP contribution in [0, 0.1) is 5.82 Å². The van der Waals surface area contributed by atoms with Gasteiger partial charge >= 0.3 is 12.1 Å². The average molecular weight is 472 g/mol. The number of rotatable bonds is 6. The number of hydrogen-bond donors (Lipinski definition) is 1. The predicted octanol–water partition coefficient (Wildman–Crippen LogP) is 4.02. The van der Waals surface area contributed by atoms with Crippen LogP contribution >= 0.6 is 11.6 Å². The molecule has 0 radical (unpaired) electrons. The molecule has 2 aromatic carbocycles. The Balaban J connectivity index is 1.72. The van der Waals surface area contributed by atoms with E-state index in [2.05, 4.69) is 9.97 Å². The minimum Gasteiger partial charge on any atom is -0.482 e. The molecule has 1 aliphatic rings. The summed E-state index contributed by atoms with van der Waals surface area (Å²) < 4.78 is 24.9. The van der Waals surface area contributed by atoms with Crippen LogP contribution in [-0.2, 0) is 22.6 Å². The summed E-state index contributed by atoms with van der Waals surface area (Å²) in [6, 6.07) is 8.32. The van der Waals surface area contributed by atoms with E-state index in [0.29, 0.717) is 28.1 Å². The summed E-state index contributed by atoms with van der Waals surface area (Å²) in [4.78, 5) is 33.5. The van der Waals surface area contributed by atoms with E-state index in [4.69, 9.17) is 26.2 Å². The number of nitrogens with zero attached hydrogens (tertiary/aromatic N) is 3. The quantitative estimate of drug-likeness (QED) is 0.579. The highest BCUT2D eigenvalue weighted by Crippen LogP contribution is 2.41. The van der Waals surface area contributed by atoms with Crippen LogP contribution in [0.15, 0.2) is 55.1 Å². The second-order valence-electron chi connectivity index (χ2n) is 7.35. The molecule has 1 amide bonds. The molecule has 3 aromatic rings. The molecular weight excluding hydrogens is 453 g/mol. The minimum atomic E-state index is -1.15. The fourth-order valence-electron chi connectivity index (χ4n) is 3.76. The summed E-state index contributed by atoms with van der Waals surface area (Å²) in [7, 11) is 0. The Hall–Kier alpha value is -3.72. The van der Waals surface area contributed by atoms with Gasteiger partial charge in [-0.1, -0.05) is 17.7 Å². The Labute approximate surface area is 193 Å². The van der Waals surface area contributed by atoms with Crippen molar-refractivity contribution >= 4 is 23.7 Å². The molecule has 1 aliphatic heterocycles. The number of ether oxygens (including phenoxy) is 2. The normalized spacial score (nSPS) is 15.0. The van der Waals surface area contributed by atoms with Gasteiger partial charge in [0.25, 0.3) is 0 Å². The van der Waals surface area contributed by atoms with E-state index in [-0.39, 0.29) is 24.7 Å². The first kappa shape index (κ1) is 22.5. The van der Waals surface area contributed by atoms with Crippen molar-refractivity contribution in [2.75, 3.05) is 13.2 Å². The number of fused-ring (bicyclic) bond motifs is 1. The van der Waals surface area contributed by atoms with Crippen molar-refractivity contribution < 1.29 is 28.6 Å². The van der Waals surface area contributed by atoms with Crippen LogP contribution in [-0.4, -0.2) is 45.2 Å². The highest BCUT2D eigenvalue weighted by molar-refractivity contribution is 6.30. The number of amides is 1. The van der Waals surface area contributed by atoms with Crippen molar-refractivity contribution in [1.29, 1.82) is 0 Å². The maximum atomic E-state index is 13.9. The summed E-state index contributed by atoms with van der Waals surface area (Å²) in [6.07, 6.45) is 4.27. The number of aromatic nitrogens is 2. The maximum absolute atomic E-state index is 13.9. The molecule has 4 rings (SSSR count). The van der Waals surface area contributed by atoms with Crippen molar-refractivity contribution in [3.8, 4) is 5.75 Å². The maximum Gasteiger partial charge on any atom is 0.410 e. The summed E-state index contributed by atoms with van der Waals surface area (Å²) in [6.45, 7) is -0.358. The molecule has 0 aliphatic carbocycles. The summed E-state index contributed by atoms with van der Waals surface area (Å²) in [5.74, 6) is -1.29. The third-order valence-electron chi connectivity index (χ3n) is 5.16. The van der Waals surface area contributed by atoms with Gasteiger partial charge in [0.1, 0.15) is 24.5 Å². The van der Waals surface area contributed by atoms with Crippen LogP contribution < -0.4 is 4.74 Å². The first-order valence-electron chi connectivity index (χ1n) is 10.0. The standard InChI is InChI=1S/C23H19ClFN3O5/c24-16-1-4-20(32-12-21(29)30)19(8-16)22-18-3-2-17(25)7-15(18)5-6-28(22)23(31)33-11-14-9-26-13-27-10-14/h1-4,7-10,13,22H,5-6,11-12H2,(H,29,30). The second kappa shape index (κ2) is 9.83. The Morgan fingerprint density at radius 2 is 1.94 bits per heavy atom. The van der Waals surface area contributed by atoms with Crippen molar-refractivity contribution in [3.05, 3.63) is 88.2 Å². The van der Waals surface area contributed by atoms with Crippen LogP contribution in [0.3, 0.4) is 0 Å². The highest BCUT2D eigenvalue weighted by atomic mass is 35.5. The van der Waals surface area contributed by atoms with Crippen molar-refractivity contribution in [2.45, 2.75) is 19.1 Å². The molecule has 0 spiro atoms.